The quantitative estimate of drug-likeness (QED) is 0.627. The number of aryl methyl sites for hydroxylation is 1. The van der Waals surface area contributed by atoms with Gasteiger partial charge in [-0.2, -0.15) is 9.37 Å². The SMILES string of the molecule is Cc1ccc(Cl)c(C(=O)B2CCC(Nc3nc4ccc(F)c(F)c4o3)C2)c1. The summed E-state index contributed by atoms with van der Waals surface area (Å²) in [6, 6.07) is 7.88. The molecule has 0 saturated carbocycles. The van der Waals surface area contributed by atoms with E-state index in [1.807, 2.05) is 19.1 Å². The molecule has 1 fully saturated rings. The van der Waals surface area contributed by atoms with Gasteiger partial charge in [-0.25, -0.2) is 4.39 Å². The maximum Gasteiger partial charge on any atom is 0.295 e. The summed E-state index contributed by atoms with van der Waals surface area (Å²) in [6.07, 6.45) is 2.05. The first kappa shape index (κ1) is 18.0. The Labute approximate surface area is 160 Å². The maximum absolute atomic E-state index is 13.8. The van der Waals surface area contributed by atoms with Crippen LogP contribution < -0.4 is 5.32 Å². The lowest BCUT2D eigenvalue weighted by molar-refractivity contribution is 0.107. The number of aromatic nitrogens is 1. The number of fused-ring (bicyclic) bond motifs is 1. The fraction of sp³-hybridized carbons (Fsp3) is 0.263. The summed E-state index contributed by atoms with van der Waals surface area (Å²) in [5.74, 6) is -2.03. The molecule has 1 aliphatic heterocycles. The molecule has 0 amide bonds. The molecule has 27 heavy (non-hydrogen) atoms. The Hall–Kier alpha value is -2.41. The third-order valence-electron chi connectivity index (χ3n) is 4.97. The molecule has 2 heterocycles. The van der Waals surface area contributed by atoms with Crippen LogP contribution in [-0.2, 0) is 0 Å². The van der Waals surface area contributed by atoms with Gasteiger partial charge in [0.05, 0.1) is 5.02 Å². The monoisotopic (exact) mass is 388 g/mol. The van der Waals surface area contributed by atoms with Crippen molar-refractivity contribution in [2.75, 3.05) is 5.32 Å². The van der Waals surface area contributed by atoms with Crippen LogP contribution in [0.4, 0.5) is 14.8 Å². The largest absolute Gasteiger partial charge is 0.420 e. The van der Waals surface area contributed by atoms with Gasteiger partial charge in [-0.1, -0.05) is 29.6 Å². The number of oxazole rings is 1. The van der Waals surface area contributed by atoms with Crippen molar-refractivity contribution >= 4 is 41.1 Å². The van der Waals surface area contributed by atoms with Gasteiger partial charge >= 0.3 is 0 Å². The van der Waals surface area contributed by atoms with Crippen LogP contribution in [0.3, 0.4) is 0 Å². The number of halogens is 3. The summed E-state index contributed by atoms with van der Waals surface area (Å²) in [6.45, 7) is 1.77. The number of carbonyl (C=O) groups excluding carboxylic acids is 1. The van der Waals surface area contributed by atoms with Gasteiger partial charge in [0.2, 0.25) is 12.5 Å². The van der Waals surface area contributed by atoms with Gasteiger partial charge in [0.15, 0.2) is 11.4 Å². The van der Waals surface area contributed by atoms with Crippen molar-refractivity contribution in [3.8, 4) is 0 Å². The first-order valence-electron chi connectivity index (χ1n) is 8.74. The topological polar surface area (TPSA) is 55.1 Å². The van der Waals surface area contributed by atoms with Gasteiger partial charge in [0, 0.05) is 11.6 Å². The Morgan fingerprint density at radius 3 is 2.96 bits per heavy atom. The van der Waals surface area contributed by atoms with E-state index in [4.69, 9.17) is 16.0 Å². The van der Waals surface area contributed by atoms with E-state index in [-0.39, 0.29) is 35.6 Å². The van der Waals surface area contributed by atoms with E-state index in [0.29, 0.717) is 23.2 Å². The van der Waals surface area contributed by atoms with E-state index in [9.17, 15) is 13.6 Å². The van der Waals surface area contributed by atoms with Gasteiger partial charge in [-0.3, -0.25) is 0 Å². The lowest BCUT2D eigenvalue weighted by Gasteiger charge is -2.11. The number of benzene rings is 2. The number of nitrogens with one attached hydrogen (secondary N) is 1. The zero-order chi connectivity index (χ0) is 19.1. The highest BCUT2D eigenvalue weighted by Crippen LogP contribution is 2.30. The van der Waals surface area contributed by atoms with Gasteiger partial charge < -0.3 is 14.5 Å². The predicted molar refractivity (Wildman–Crippen MR) is 102 cm³/mol. The van der Waals surface area contributed by atoms with Crippen molar-refractivity contribution in [1.29, 1.82) is 0 Å². The number of nitrogens with zero attached hydrogens (tertiary/aromatic N) is 1. The van der Waals surface area contributed by atoms with E-state index in [0.717, 1.165) is 18.1 Å². The van der Waals surface area contributed by atoms with E-state index in [1.165, 1.54) is 6.07 Å². The minimum Gasteiger partial charge on any atom is -0.420 e. The van der Waals surface area contributed by atoms with Crippen molar-refractivity contribution in [2.45, 2.75) is 32.0 Å². The minimum atomic E-state index is -1.05. The van der Waals surface area contributed by atoms with Gasteiger partial charge in [-0.15, -0.1) is 0 Å². The van der Waals surface area contributed by atoms with Crippen molar-refractivity contribution in [3.05, 3.63) is 58.1 Å². The average Bonchev–Trinajstić information content (AvgIpc) is 3.27. The zero-order valence-electron chi connectivity index (χ0n) is 14.6. The molecule has 1 saturated heterocycles. The summed E-state index contributed by atoms with van der Waals surface area (Å²) in [4.78, 5) is 16.9. The smallest absolute Gasteiger partial charge is 0.295 e. The molecule has 1 aromatic heterocycles. The second kappa shape index (κ2) is 6.96. The second-order valence-corrected chi connectivity index (χ2v) is 7.33. The van der Waals surface area contributed by atoms with Gasteiger partial charge in [-0.05, 0) is 43.9 Å². The van der Waals surface area contributed by atoms with Gasteiger partial charge in [0.25, 0.3) is 6.01 Å². The summed E-state index contributed by atoms with van der Waals surface area (Å²) < 4.78 is 32.4. The second-order valence-electron chi connectivity index (χ2n) is 6.93. The summed E-state index contributed by atoms with van der Waals surface area (Å²) in [5.41, 5.74) is 1.58. The highest BCUT2D eigenvalue weighted by Gasteiger charge is 2.35. The van der Waals surface area contributed by atoms with Gasteiger partial charge in [0.1, 0.15) is 11.2 Å². The number of rotatable bonds is 4. The molecule has 3 aromatic rings. The molecule has 8 heteroatoms. The molecule has 1 N–H and O–H groups in total. The molecule has 1 aliphatic rings. The molecular weight excluding hydrogens is 372 g/mol. The highest BCUT2D eigenvalue weighted by molar-refractivity contribution is 6.93. The number of hydrogen-bond acceptors (Lipinski definition) is 4. The molecule has 0 radical (unpaired) electrons. The van der Waals surface area contributed by atoms with Crippen molar-refractivity contribution in [3.63, 3.8) is 0 Å². The summed E-state index contributed by atoms with van der Waals surface area (Å²) in [7, 11) is 0. The van der Waals surface area contributed by atoms with Crippen LogP contribution in [0, 0.1) is 18.6 Å². The van der Waals surface area contributed by atoms with E-state index in [1.54, 1.807) is 6.07 Å². The molecule has 4 rings (SSSR count). The predicted octanol–water partition coefficient (Wildman–Crippen LogP) is 5.17. The van der Waals surface area contributed by atoms with Crippen LogP contribution in [-0.4, -0.2) is 23.4 Å². The summed E-state index contributed by atoms with van der Waals surface area (Å²) >= 11 is 6.18. The number of carbonyl (C=O) groups is 1. The maximum atomic E-state index is 13.8. The van der Waals surface area contributed by atoms with Crippen molar-refractivity contribution < 1.29 is 18.0 Å². The van der Waals surface area contributed by atoms with E-state index in [2.05, 4.69) is 10.3 Å². The lowest BCUT2D eigenvalue weighted by Crippen LogP contribution is -2.25. The van der Waals surface area contributed by atoms with Crippen LogP contribution in [0.1, 0.15) is 22.3 Å². The third kappa shape index (κ3) is 3.44. The molecule has 0 bridgehead atoms. The Kier molecular flexibility index (Phi) is 4.64. The molecule has 0 aliphatic carbocycles. The fourth-order valence-corrected chi connectivity index (χ4v) is 3.78. The summed E-state index contributed by atoms with van der Waals surface area (Å²) in [5, 5.41) is 3.54. The van der Waals surface area contributed by atoms with Crippen LogP contribution in [0.5, 0.6) is 0 Å². The third-order valence-corrected chi connectivity index (χ3v) is 5.30. The molecule has 2 aromatic carbocycles. The lowest BCUT2D eigenvalue weighted by atomic mass is 9.44. The Morgan fingerprint density at radius 1 is 1.33 bits per heavy atom. The Balaban J connectivity index is 1.48. The standard InChI is InChI=1S/C19H16BClF2N2O2/c1-10-2-3-13(21)12(8-10)18(26)20-7-6-11(9-20)24-19-25-15-5-4-14(22)16(23)17(15)27-19/h2-5,8,11H,6-7,9H2,1H3,(H,24,25). The van der Waals surface area contributed by atoms with Crippen LogP contribution >= 0.6 is 11.6 Å². The zero-order valence-corrected chi connectivity index (χ0v) is 15.3. The van der Waals surface area contributed by atoms with E-state index < -0.39 is 11.6 Å². The van der Waals surface area contributed by atoms with Crippen molar-refractivity contribution in [1.82, 2.24) is 4.98 Å². The highest BCUT2D eigenvalue weighted by atomic mass is 35.5. The Morgan fingerprint density at radius 2 is 2.15 bits per heavy atom. The molecule has 1 atom stereocenters. The Bertz CT molecular complexity index is 1040. The first-order chi connectivity index (χ1) is 12.9. The van der Waals surface area contributed by atoms with Crippen LogP contribution in [0.15, 0.2) is 34.7 Å². The normalized spacial score (nSPS) is 16.9. The molecule has 0 spiro atoms. The van der Waals surface area contributed by atoms with E-state index >= 15 is 0 Å². The van der Waals surface area contributed by atoms with Crippen LogP contribution in [0.25, 0.3) is 11.1 Å². The molecule has 4 nitrogen and oxygen atoms in total. The average molecular weight is 389 g/mol. The fourth-order valence-electron chi connectivity index (χ4n) is 3.57. The molecule has 1 unspecified atom stereocenters. The molecule has 138 valence electrons. The number of hydrogen-bond donors (Lipinski definition) is 1. The van der Waals surface area contributed by atoms with Crippen molar-refractivity contribution in [2.24, 2.45) is 0 Å². The first-order valence-corrected chi connectivity index (χ1v) is 9.11. The molecular formula is C19H16BClF2N2O2. The van der Waals surface area contributed by atoms with Crippen LogP contribution in [0.2, 0.25) is 17.7 Å². The minimum absolute atomic E-state index is 0.0266. The number of anilines is 1.